The van der Waals surface area contributed by atoms with Crippen molar-refractivity contribution in [3.05, 3.63) is 164 Å². The normalized spacial score (nSPS) is 28.5. The molecule has 3 saturated heterocycles. The van der Waals surface area contributed by atoms with Crippen molar-refractivity contribution in [3.63, 3.8) is 0 Å². The molecule has 9 heterocycles. The maximum Gasteiger partial charge on any atom is 0.330 e. The average molecular weight is 1920 g/mol. The van der Waals surface area contributed by atoms with Crippen LogP contribution >= 0.6 is 23.2 Å². The fraction of sp³-hybridized carbons (Fsp3) is 0.422. The number of nitrogens with one attached hydrogen (secondary N) is 9. The molecule has 45 heteroatoms. The second-order valence-corrected chi connectivity index (χ2v) is 34.7. The highest BCUT2D eigenvalue weighted by atomic mass is 35.5. The number of aliphatic carboxylic acids is 1. The number of fused-ring (bicyclic) bond motifs is 14. The first-order valence-corrected chi connectivity index (χ1v) is 43.6. The average Bonchev–Trinajstić information content (AvgIpc) is 0.753. The Hall–Kier alpha value is -12.5. The van der Waals surface area contributed by atoms with E-state index in [0.717, 1.165) is 124 Å². The first-order chi connectivity index (χ1) is 64.3. The Morgan fingerprint density at radius 1 is 0.474 bits per heavy atom. The zero-order chi connectivity index (χ0) is 97.1. The van der Waals surface area contributed by atoms with E-state index in [2.05, 4.69) is 61.7 Å². The molecule has 24 N–H and O–H groups in total. The van der Waals surface area contributed by atoms with E-state index in [4.69, 9.17) is 65.8 Å². The molecule has 135 heavy (non-hydrogen) atoms. The molecule has 9 aliphatic rings. The number of carbonyl (C=O) groups is 10. The Morgan fingerprint density at radius 2 is 1.02 bits per heavy atom. The number of carboxylic acid groups (broad SMARTS) is 1. The minimum atomic E-state index is -2.60. The number of ether oxygens (including phenoxy) is 9. The summed E-state index contributed by atoms with van der Waals surface area (Å²) in [5.74, 6) is -20.4. The molecule has 9 aliphatic heterocycles. The summed E-state index contributed by atoms with van der Waals surface area (Å²) in [6.45, 7) is 3.01. The number of aliphatic hydroxyl groups excluding tert-OH is 10. The molecule has 7 aromatic carbocycles. The van der Waals surface area contributed by atoms with Crippen molar-refractivity contribution >= 4 is 82.3 Å². The fourth-order valence-corrected chi connectivity index (χ4v) is 17.3. The van der Waals surface area contributed by atoms with Gasteiger partial charge in [0.2, 0.25) is 71.5 Å². The third-order valence-electron chi connectivity index (χ3n) is 23.7. The highest BCUT2D eigenvalue weighted by Crippen LogP contribution is 2.51. The third kappa shape index (κ3) is 21.7. The van der Waals surface area contributed by atoms with Crippen LogP contribution in [0.3, 0.4) is 0 Å². The summed E-state index contributed by atoms with van der Waals surface area (Å²) in [6.07, 6.45) is -26.1. The zero-order valence-electron chi connectivity index (χ0n) is 72.1. The Bertz CT molecular complexity index is 5700. The molecular weight excluding hydrogens is 1820 g/mol. The van der Waals surface area contributed by atoms with Gasteiger partial charge in [-0.25, -0.2) is 4.79 Å². The van der Waals surface area contributed by atoms with Crippen LogP contribution in [0.2, 0.25) is 10.0 Å². The maximum absolute atomic E-state index is 17.1. The van der Waals surface area contributed by atoms with Crippen molar-refractivity contribution in [1.82, 2.24) is 47.9 Å². The van der Waals surface area contributed by atoms with Crippen LogP contribution in [0.1, 0.15) is 141 Å². The number of aromatic hydroxyl groups is 4. The minimum Gasteiger partial charge on any atom is -0.508 e. The first-order valence-electron chi connectivity index (χ1n) is 42.9. The molecule has 9 amide bonds. The number of phenols is 4. The minimum absolute atomic E-state index is 0.0333. The summed E-state index contributed by atoms with van der Waals surface area (Å²) >= 11 is 14.8. The summed E-state index contributed by atoms with van der Waals surface area (Å²) in [5.41, 5.74) is -4.00. The lowest BCUT2D eigenvalue weighted by atomic mass is 9.89. The Morgan fingerprint density at radius 3 is 1.64 bits per heavy atom. The van der Waals surface area contributed by atoms with Gasteiger partial charge in [0.1, 0.15) is 156 Å². The SMILES string of the molecule is CC(=O)N[C@H]1[C@H](O[C@@H]2c3ccc(c(Cl)c3)Oc3cc4cc(c3O[C@@H]3O[C@H](CO)[C@@H](O)[C@H](O)[C@H]3NC(=O)CCCCCCC(C)C)Oc3ccc(cc3Cl)C[C@H]3NC(=O)[C@H]([15NH]C(C)=O)c5ccc(O)c(c5)Oc5cc(O)cc(c5)[C@H](NC3=O)C(=O)N[C@H]4C(=O)N[C@H]3C(=O)N[C@@H]2C(=O)N[C@H](C(=O)O)c2cc(O)cc(O[C@H]4O[C@H](CO)[C@@H](O)[C@H](O)[C@@H]4O)c2-c2cc3ccc2O)O[C@H](CO)[C@@H](O)[C@@H]1O. The number of carbonyl (C=O) groups excluding carboxylic acids is 9. The number of phenolic OH excluding ortho intramolecular Hbond substituents is 4. The molecule has 7 aromatic rings. The van der Waals surface area contributed by atoms with E-state index in [1.165, 1.54) is 24.3 Å². The quantitative estimate of drug-likeness (QED) is 0.0376. The number of carboxylic acids is 1. The molecule has 16 rings (SSSR count). The van der Waals surface area contributed by atoms with Crippen molar-refractivity contribution in [3.8, 4) is 80.1 Å². The van der Waals surface area contributed by atoms with E-state index >= 15 is 28.8 Å². The van der Waals surface area contributed by atoms with Crippen molar-refractivity contribution in [2.45, 2.75) is 213 Å². The van der Waals surface area contributed by atoms with Crippen molar-refractivity contribution in [2.75, 3.05) is 19.8 Å². The molecule has 17 bridgehead atoms. The van der Waals surface area contributed by atoms with Gasteiger partial charge in [0.25, 0.3) is 0 Å². The monoisotopic (exact) mass is 1920 g/mol. The van der Waals surface area contributed by atoms with Gasteiger partial charge in [-0.3, -0.25) is 43.2 Å². The van der Waals surface area contributed by atoms with Crippen LogP contribution in [-0.2, 0) is 73.3 Å². The molecule has 0 aromatic heterocycles. The third-order valence-corrected chi connectivity index (χ3v) is 24.3. The van der Waals surface area contributed by atoms with Gasteiger partial charge in [0.15, 0.2) is 35.3 Å². The molecule has 3 fully saturated rings. The van der Waals surface area contributed by atoms with E-state index in [0.29, 0.717) is 18.8 Å². The topological polar surface area (TPSA) is 665 Å². The predicted molar refractivity (Wildman–Crippen MR) is 463 cm³/mol. The lowest BCUT2D eigenvalue weighted by Crippen LogP contribution is -2.65. The van der Waals surface area contributed by atoms with Crippen LogP contribution in [-0.4, -0.2) is 260 Å². The van der Waals surface area contributed by atoms with E-state index in [-0.39, 0.29) is 28.3 Å². The van der Waals surface area contributed by atoms with Gasteiger partial charge in [-0.05, 0) is 125 Å². The van der Waals surface area contributed by atoms with Gasteiger partial charge in [0.05, 0.1) is 29.9 Å². The number of halogens is 2. The predicted octanol–water partition coefficient (Wildman–Crippen LogP) is 1.20. The summed E-state index contributed by atoms with van der Waals surface area (Å²) in [4.78, 5) is 152. The lowest BCUT2D eigenvalue weighted by molar-refractivity contribution is -0.284. The van der Waals surface area contributed by atoms with Crippen LogP contribution in [0.25, 0.3) is 11.1 Å². The van der Waals surface area contributed by atoms with Crippen LogP contribution in [0, 0.1) is 5.92 Å². The molecule has 0 radical (unpaired) electrons. The van der Waals surface area contributed by atoms with Gasteiger partial charge in [-0.1, -0.05) is 87.0 Å². The zero-order valence-corrected chi connectivity index (χ0v) is 73.6. The van der Waals surface area contributed by atoms with Crippen molar-refractivity contribution in [2.24, 2.45) is 5.92 Å². The second kappa shape index (κ2) is 41.8. The van der Waals surface area contributed by atoms with Gasteiger partial charge >= 0.3 is 5.97 Å². The largest absolute Gasteiger partial charge is 0.508 e. The van der Waals surface area contributed by atoms with E-state index in [1.54, 1.807) is 0 Å². The van der Waals surface area contributed by atoms with Crippen LogP contribution in [0.4, 0.5) is 0 Å². The molecule has 0 spiro atoms. The van der Waals surface area contributed by atoms with Crippen molar-refractivity contribution < 1.29 is 167 Å². The molecule has 43 nitrogen and oxygen atoms in total. The fourth-order valence-electron chi connectivity index (χ4n) is 16.8. The number of hydrogen-bond acceptors (Lipinski definition) is 33. The number of amides is 9. The maximum atomic E-state index is 17.1. The van der Waals surface area contributed by atoms with E-state index < -0.39 is 333 Å². The number of benzene rings is 7. The van der Waals surface area contributed by atoms with Crippen LogP contribution in [0.5, 0.6) is 69.0 Å². The van der Waals surface area contributed by atoms with Crippen molar-refractivity contribution in [1.29, 1.82) is 0 Å². The summed E-state index contributed by atoms with van der Waals surface area (Å²) in [5, 5.41) is 193. The van der Waals surface area contributed by atoms with E-state index in [1.807, 2.05) is 0 Å². The lowest BCUT2D eigenvalue weighted by Gasteiger charge is -2.44. The molecule has 0 unspecified atom stereocenters. The van der Waals surface area contributed by atoms with Crippen LogP contribution in [0.15, 0.2) is 115 Å². The highest BCUT2D eigenvalue weighted by Gasteiger charge is 2.52. The smallest absolute Gasteiger partial charge is 0.330 e. The summed E-state index contributed by atoms with van der Waals surface area (Å²) < 4.78 is 57.6. The highest BCUT2D eigenvalue weighted by molar-refractivity contribution is 6.32. The number of rotatable bonds is 20. The standard InChI is InChI=1S/C90H99Cl2N9O34/c1-34(2)9-7-5-6-8-10-62(111)96-70-76(116)73(113)60(32-103)132-89(70)135-80-57-26-42-27-58(80)129-54-18-14-40(24-49(54)92)79(134-88-69(94-36(4)106)75(115)72(112)59(31-102)131-88)71-86(124)100-68(87(125)126)47-29-44(108)30-56(130-90-78(118)77(117)74(114)61(33-104)133-90)63(47)46-23-38(12-15-51(46)109)65(83(121)101-71)98-85(123)67(42)99-84(122)66-41-21-43(107)28-45(22-41)127-55-25-39(13-16-52(55)110)64(93-35(3)105)82(120)95-50(81(119)97-66)20-37-11-17-53(128-57)48(91)19-37/h11-19,21-30,34,50,59-61,64-79,88-90,102-104,107-110,112-118H,5-10,20,31-33H2,1-4H3,(H,93,105)(H,94,106)(H,95,120)(H,96,111)(H,97,119)(H,98,123)(H,99,122)(H,100,124)(H,101,121)(H,125,126)/t50-,59-,60-,61-,64-,65-,66+,67-,68+,69-,70-,71+,72-,73-,74-,75-,76-,77+,78+,79-,88+,89+,90+/m1/s1/i93+1. The van der Waals surface area contributed by atoms with Crippen LogP contribution < -0.4 is 71.5 Å². The van der Waals surface area contributed by atoms with E-state index in [9.17, 15) is 95.8 Å². The van der Waals surface area contributed by atoms with Gasteiger partial charge < -0.3 is 167 Å². The first kappa shape index (κ1) is 98.5. The number of hydrogen-bond donors (Lipinski definition) is 24. The Balaban J connectivity index is 1.04. The number of aliphatic hydroxyl groups is 10. The Labute approximate surface area is 776 Å². The molecular formula is C90H99Cl2N9O34. The molecule has 722 valence electrons. The van der Waals surface area contributed by atoms with Gasteiger partial charge in [0, 0.05) is 55.5 Å². The number of unbranched alkanes of at least 4 members (excludes halogenated alkanes) is 3. The molecule has 23 atom stereocenters. The molecule has 0 saturated carbocycles. The van der Waals surface area contributed by atoms with Gasteiger partial charge in [-0.2, -0.15) is 0 Å². The van der Waals surface area contributed by atoms with Gasteiger partial charge in [-0.15, -0.1) is 0 Å². The Kier molecular flexibility index (Phi) is 30.4. The molecule has 0 aliphatic carbocycles. The summed E-state index contributed by atoms with van der Waals surface area (Å²) in [6, 6.07) is 0.0802. The summed E-state index contributed by atoms with van der Waals surface area (Å²) in [7, 11) is 0. The second-order valence-electron chi connectivity index (χ2n) is 33.8.